The van der Waals surface area contributed by atoms with Crippen molar-refractivity contribution in [2.45, 2.75) is 51.7 Å². The van der Waals surface area contributed by atoms with Crippen molar-refractivity contribution < 1.29 is 4.74 Å². The van der Waals surface area contributed by atoms with Gasteiger partial charge in [0.2, 0.25) is 0 Å². The van der Waals surface area contributed by atoms with E-state index in [-0.39, 0.29) is 6.04 Å². The smallest absolute Gasteiger partial charge is 0.0596 e. The third-order valence-corrected chi connectivity index (χ3v) is 5.50. The molecule has 1 fully saturated rings. The Balaban J connectivity index is 2.23. The molecule has 3 nitrogen and oxygen atoms in total. The molecular formula is C16H28N2OS. The Morgan fingerprint density at radius 2 is 2.15 bits per heavy atom. The number of thiophene rings is 1. The lowest BCUT2D eigenvalue weighted by Crippen LogP contribution is -2.46. The van der Waals surface area contributed by atoms with Gasteiger partial charge in [0.05, 0.1) is 12.6 Å². The molecule has 0 aromatic carbocycles. The van der Waals surface area contributed by atoms with E-state index in [0.29, 0.717) is 12.1 Å². The summed E-state index contributed by atoms with van der Waals surface area (Å²) in [5, 5.41) is 2.18. The molecule has 0 radical (unpaired) electrons. The molecule has 3 unspecified atom stereocenters. The van der Waals surface area contributed by atoms with Crippen molar-refractivity contribution in [1.82, 2.24) is 4.90 Å². The molecule has 0 amide bonds. The Bertz CT molecular complexity index is 414. The average Bonchev–Trinajstić information content (AvgIpc) is 3.17. The van der Waals surface area contributed by atoms with Crippen LogP contribution in [-0.2, 0) is 4.74 Å². The molecule has 1 aliphatic rings. The van der Waals surface area contributed by atoms with Gasteiger partial charge in [-0.25, -0.2) is 0 Å². The van der Waals surface area contributed by atoms with Gasteiger partial charge in [-0.15, -0.1) is 11.3 Å². The van der Waals surface area contributed by atoms with Gasteiger partial charge >= 0.3 is 0 Å². The van der Waals surface area contributed by atoms with Crippen LogP contribution in [0.3, 0.4) is 0 Å². The number of nitrogens with two attached hydrogens (primary N) is 1. The standard InChI is InChI=1S/C16H28N2OS/c1-11-7-10-20-16(11)15(12(2)17)18(8-9-19-4)13(3)14-5-6-14/h7,10,12-15H,5-6,8-9,17H2,1-4H3. The van der Waals surface area contributed by atoms with E-state index in [1.807, 2.05) is 11.3 Å². The van der Waals surface area contributed by atoms with Crippen molar-refractivity contribution in [3.8, 4) is 0 Å². The molecule has 20 heavy (non-hydrogen) atoms. The highest BCUT2D eigenvalue weighted by Crippen LogP contribution is 2.40. The zero-order valence-electron chi connectivity index (χ0n) is 13.1. The largest absolute Gasteiger partial charge is 0.383 e. The first-order valence-electron chi connectivity index (χ1n) is 7.60. The predicted molar refractivity (Wildman–Crippen MR) is 86.2 cm³/mol. The summed E-state index contributed by atoms with van der Waals surface area (Å²) in [6.07, 6.45) is 2.72. The van der Waals surface area contributed by atoms with Gasteiger partial charge in [0, 0.05) is 30.6 Å². The lowest BCUT2D eigenvalue weighted by Gasteiger charge is -2.38. The zero-order chi connectivity index (χ0) is 14.7. The van der Waals surface area contributed by atoms with Crippen LogP contribution >= 0.6 is 11.3 Å². The summed E-state index contributed by atoms with van der Waals surface area (Å²) in [6, 6.07) is 3.22. The highest BCUT2D eigenvalue weighted by molar-refractivity contribution is 7.10. The van der Waals surface area contributed by atoms with Gasteiger partial charge in [-0.2, -0.15) is 0 Å². The van der Waals surface area contributed by atoms with E-state index < -0.39 is 0 Å². The van der Waals surface area contributed by atoms with E-state index in [1.165, 1.54) is 23.3 Å². The summed E-state index contributed by atoms with van der Waals surface area (Å²) < 4.78 is 5.32. The van der Waals surface area contributed by atoms with Crippen LogP contribution in [0.5, 0.6) is 0 Å². The van der Waals surface area contributed by atoms with E-state index >= 15 is 0 Å². The van der Waals surface area contributed by atoms with Crippen LogP contribution in [0.1, 0.15) is 43.2 Å². The Labute approximate surface area is 127 Å². The third-order valence-electron chi connectivity index (χ3n) is 4.41. The highest BCUT2D eigenvalue weighted by Gasteiger charge is 2.37. The van der Waals surface area contributed by atoms with E-state index in [9.17, 15) is 0 Å². The second-order valence-corrected chi connectivity index (χ2v) is 7.03. The lowest BCUT2D eigenvalue weighted by atomic mass is 10.0. The SMILES string of the molecule is COCCN(C(C)C1CC1)C(c1sccc1C)C(C)N. The molecule has 1 aromatic rings. The van der Waals surface area contributed by atoms with Gasteiger partial charge in [-0.3, -0.25) is 4.90 Å². The normalized spacial score (nSPS) is 20.1. The predicted octanol–water partition coefficient (Wildman–Crippen LogP) is 3.19. The van der Waals surface area contributed by atoms with Crippen LogP contribution in [0.25, 0.3) is 0 Å². The number of rotatable bonds is 8. The van der Waals surface area contributed by atoms with Crippen molar-refractivity contribution in [3.05, 3.63) is 21.9 Å². The minimum atomic E-state index is 0.130. The zero-order valence-corrected chi connectivity index (χ0v) is 14.0. The maximum absolute atomic E-state index is 6.35. The van der Waals surface area contributed by atoms with Crippen LogP contribution in [0.2, 0.25) is 0 Å². The van der Waals surface area contributed by atoms with E-state index in [4.69, 9.17) is 10.5 Å². The highest BCUT2D eigenvalue weighted by atomic mass is 32.1. The third kappa shape index (κ3) is 3.61. The molecule has 0 saturated heterocycles. The Kier molecular flexibility index (Phi) is 5.61. The minimum Gasteiger partial charge on any atom is -0.383 e. The number of aryl methyl sites for hydroxylation is 1. The number of methoxy groups -OCH3 is 1. The summed E-state index contributed by atoms with van der Waals surface area (Å²) in [6.45, 7) is 8.40. The molecule has 114 valence electrons. The molecule has 2 N–H and O–H groups in total. The number of nitrogens with zero attached hydrogens (tertiary/aromatic N) is 1. The molecule has 0 spiro atoms. The summed E-state index contributed by atoms with van der Waals surface area (Å²) in [7, 11) is 1.78. The Morgan fingerprint density at radius 1 is 1.45 bits per heavy atom. The Hall–Kier alpha value is -0.420. The maximum Gasteiger partial charge on any atom is 0.0596 e. The second-order valence-electron chi connectivity index (χ2n) is 6.08. The van der Waals surface area contributed by atoms with E-state index in [1.54, 1.807) is 7.11 Å². The Morgan fingerprint density at radius 3 is 2.60 bits per heavy atom. The monoisotopic (exact) mass is 296 g/mol. The van der Waals surface area contributed by atoms with Crippen molar-refractivity contribution in [2.24, 2.45) is 11.7 Å². The summed E-state index contributed by atoms with van der Waals surface area (Å²) in [5.74, 6) is 0.841. The van der Waals surface area contributed by atoms with E-state index in [2.05, 4.69) is 37.1 Å². The molecule has 1 saturated carbocycles. The first-order chi connectivity index (χ1) is 9.56. The fraction of sp³-hybridized carbons (Fsp3) is 0.750. The quantitative estimate of drug-likeness (QED) is 0.800. The fourth-order valence-corrected chi connectivity index (χ4v) is 4.18. The van der Waals surface area contributed by atoms with Gasteiger partial charge in [-0.05, 0) is 56.5 Å². The molecule has 2 rings (SSSR count). The summed E-state index contributed by atoms with van der Waals surface area (Å²) in [4.78, 5) is 3.99. The molecule has 1 aromatic heterocycles. The molecule has 0 aliphatic heterocycles. The fourth-order valence-electron chi connectivity index (χ4n) is 3.02. The molecule has 3 atom stereocenters. The number of hydrogen-bond donors (Lipinski definition) is 1. The van der Waals surface area contributed by atoms with Gasteiger partial charge in [-0.1, -0.05) is 0 Å². The van der Waals surface area contributed by atoms with Crippen LogP contribution in [0.4, 0.5) is 0 Å². The number of ether oxygens (including phenoxy) is 1. The van der Waals surface area contributed by atoms with Crippen molar-refractivity contribution >= 4 is 11.3 Å². The van der Waals surface area contributed by atoms with Crippen LogP contribution in [0, 0.1) is 12.8 Å². The lowest BCUT2D eigenvalue weighted by molar-refractivity contribution is 0.0731. The minimum absolute atomic E-state index is 0.130. The van der Waals surface area contributed by atoms with Crippen molar-refractivity contribution in [1.29, 1.82) is 0 Å². The van der Waals surface area contributed by atoms with Crippen LogP contribution in [-0.4, -0.2) is 37.2 Å². The maximum atomic E-state index is 6.35. The molecule has 0 bridgehead atoms. The van der Waals surface area contributed by atoms with Crippen molar-refractivity contribution in [3.63, 3.8) is 0 Å². The first-order valence-corrected chi connectivity index (χ1v) is 8.48. The second kappa shape index (κ2) is 7.03. The topological polar surface area (TPSA) is 38.5 Å². The molecular weight excluding hydrogens is 268 g/mol. The van der Waals surface area contributed by atoms with Gasteiger partial charge in [0.15, 0.2) is 0 Å². The van der Waals surface area contributed by atoms with Crippen LogP contribution in [0.15, 0.2) is 11.4 Å². The molecule has 1 aliphatic carbocycles. The van der Waals surface area contributed by atoms with Crippen molar-refractivity contribution in [2.75, 3.05) is 20.3 Å². The van der Waals surface area contributed by atoms with Gasteiger partial charge in [0.25, 0.3) is 0 Å². The van der Waals surface area contributed by atoms with Crippen LogP contribution < -0.4 is 5.73 Å². The molecule has 4 heteroatoms. The van der Waals surface area contributed by atoms with E-state index in [0.717, 1.165) is 19.1 Å². The number of hydrogen-bond acceptors (Lipinski definition) is 4. The summed E-state index contributed by atoms with van der Waals surface area (Å²) in [5.41, 5.74) is 7.72. The average molecular weight is 296 g/mol. The van der Waals surface area contributed by atoms with Gasteiger partial charge < -0.3 is 10.5 Å². The van der Waals surface area contributed by atoms with Gasteiger partial charge in [0.1, 0.15) is 0 Å². The first kappa shape index (κ1) is 16.0. The molecule has 1 heterocycles. The summed E-state index contributed by atoms with van der Waals surface area (Å²) >= 11 is 1.83.